The van der Waals surface area contributed by atoms with E-state index in [1.807, 2.05) is 25.1 Å². The molecule has 0 aromatic heterocycles. The summed E-state index contributed by atoms with van der Waals surface area (Å²) in [5.74, 6) is 1.99. The number of amides is 2. The van der Waals surface area contributed by atoms with E-state index in [-0.39, 0.29) is 6.03 Å². The van der Waals surface area contributed by atoms with Gasteiger partial charge in [0.15, 0.2) is 11.5 Å². The van der Waals surface area contributed by atoms with Crippen LogP contribution in [-0.2, 0) is 6.42 Å². The van der Waals surface area contributed by atoms with E-state index in [0.29, 0.717) is 31.3 Å². The minimum Gasteiger partial charge on any atom is -0.493 e. The van der Waals surface area contributed by atoms with Crippen molar-refractivity contribution in [2.45, 2.75) is 19.8 Å². The number of rotatable bonds is 9. The van der Waals surface area contributed by atoms with Gasteiger partial charge in [0.1, 0.15) is 0 Å². The Bertz CT molecular complexity index is 441. The molecule has 0 fully saturated rings. The standard InChI is InChI=1S/C15H23ClN2O3/c1-3-21-13-6-5-12(11-14(13)20-2)7-10-18-15(19)17-9-4-8-16/h5-6,11H,3-4,7-10H2,1-2H3,(H2,17,18,19). The molecule has 2 amide bonds. The Morgan fingerprint density at radius 2 is 2.00 bits per heavy atom. The predicted molar refractivity (Wildman–Crippen MR) is 84.6 cm³/mol. The molecule has 5 nitrogen and oxygen atoms in total. The molecule has 0 spiro atoms. The Morgan fingerprint density at radius 3 is 2.67 bits per heavy atom. The summed E-state index contributed by atoms with van der Waals surface area (Å²) in [6.07, 6.45) is 1.50. The molecule has 0 aliphatic carbocycles. The number of nitrogens with one attached hydrogen (secondary N) is 2. The largest absolute Gasteiger partial charge is 0.493 e. The lowest BCUT2D eigenvalue weighted by Gasteiger charge is -2.11. The highest BCUT2D eigenvalue weighted by atomic mass is 35.5. The van der Waals surface area contributed by atoms with E-state index in [2.05, 4.69) is 10.6 Å². The van der Waals surface area contributed by atoms with Crippen LogP contribution < -0.4 is 20.1 Å². The number of methoxy groups -OCH3 is 1. The molecule has 1 aromatic carbocycles. The zero-order valence-electron chi connectivity index (χ0n) is 12.6. The molecule has 21 heavy (non-hydrogen) atoms. The van der Waals surface area contributed by atoms with Gasteiger partial charge in [-0.15, -0.1) is 11.6 Å². The molecule has 118 valence electrons. The molecular formula is C15H23ClN2O3. The van der Waals surface area contributed by atoms with E-state index >= 15 is 0 Å². The Balaban J connectivity index is 2.39. The summed E-state index contributed by atoms with van der Waals surface area (Å²) in [7, 11) is 1.62. The van der Waals surface area contributed by atoms with Gasteiger partial charge in [-0.2, -0.15) is 0 Å². The van der Waals surface area contributed by atoms with Crippen molar-refractivity contribution in [2.75, 3.05) is 32.7 Å². The number of hydrogen-bond acceptors (Lipinski definition) is 3. The number of alkyl halides is 1. The lowest BCUT2D eigenvalue weighted by Crippen LogP contribution is -2.37. The van der Waals surface area contributed by atoms with E-state index in [1.165, 1.54) is 0 Å². The highest BCUT2D eigenvalue weighted by Crippen LogP contribution is 2.28. The van der Waals surface area contributed by atoms with Crippen molar-refractivity contribution in [2.24, 2.45) is 0 Å². The molecule has 0 bridgehead atoms. The maximum absolute atomic E-state index is 11.5. The first-order valence-corrected chi connectivity index (χ1v) is 7.62. The van der Waals surface area contributed by atoms with Crippen LogP contribution in [0.3, 0.4) is 0 Å². The monoisotopic (exact) mass is 314 g/mol. The SMILES string of the molecule is CCOc1ccc(CCNC(=O)NCCCCl)cc1OC. The van der Waals surface area contributed by atoms with Crippen LogP contribution in [0.2, 0.25) is 0 Å². The maximum Gasteiger partial charge on any atom is 0.314 e. The second-order valence-corrected chi connectivity index (χ2v) is 4.77. The van der Waals surface area contributed by atoms with Crippen LogP contribution in [0.1, 0.15) is 18.9 Å². The Hall–Kier alpha value is -1.62. The average molecular weight is 315 g/mol. The van der Waals surface area contributed by atoms with Crippen LogP contribution in [0, 0.1) is 0 Å². The van der Waals surface area contributed by atoms with Crippen molar-refractivity contribution in [3.63, 3.8) is 0 Å². The minimum absolute atomic E-state index is 0.169. The number of halogens is 1. The molecule has 0 atom stereocenters. The molecule has 0 saturated carbocycles. The van der Waals surface area contributed by atoms with Gasteiger partial charge in [0.05, 0.1) is 13.7 Å². The third-order valence-electron chi connectivity index (χ3n) is 2.82. The van der Waals surface area contributed by atoms with E-state index in [9.17, 15) is 4.79 Å². The van der Waals surface area contributed by atoms with Crippen molar-refractivity contribution in [3.8, 4) is 11.5 Å². The molecule has 6 heteroatoms. The van der Waals surface area contributed by atoms with Crippen molar-refractivity contribution in [3.05, 3.63) is 23.8 Å². The molecule has 0 unspecified atom stereocenters. The second kappa shape index (κ2) is 10.2. The maximum atomic E-state index is 11.5. The predicted octanol–water partition coefficient (Wildman–Crippen LogP) is 2.56. The second-order valence-electron chi connectivity index (χ2n) is 4.39. The summed E-state index contributed by atoms with van der Waals surface area (Å²) >= 11 is 5.54. The van der Waals surface area contributed by atoms with Crippen LogP contribution in [0.4, 0.5) is 4.79 Å². The Kier molecular flexibility index (Phi) is 8.43. The number of hydrogen-bond donors (Lipinski definition) is 2. The van der Waals surface area contributed by atoms with Crippen LogP contribution in [0.25, 0.3) is 0 Å². The number of benzene rings is 1. The van der Waals surface area contributed by atoms with E-state index in [1.54, 1.807) is 7.11 Å². The summed E-state index contributed by atoms with van der Waals surface area (Å²) in [5.41, 5.74) is 1.08. The van der Waals surface area contributed by atoms with Gasteiger partial charge in [-0.05, 0) is 37.5 Å². The molecule has 2 N–H and O–H groups in total. The topological polar surface area (TPSA) is 59.6 Å². The van der Waals surface area contributed by atoms with Gasteiger partial charge in [-0.3, -0.25) is 0 Å². The summed E-state index contributed by atoms with van der Waals surface area (Å²) in [4.78, 5) is 11.5. The smallest absolute Gasteiger partial charge is 0.314 e. The van der Waals surface area contributed by atoms with Crippen molar-refractivity contribution in [1.29, 1.82) is 0 Å². The number of ether oxygens (including phenoxy) is 2. The molecular weight excluding hydrogens is 292 g/mol. The first-order valence-electron chi connectivity index (χ1n) is 7.08. The van der Waals surface area contributed by atoms with Crippen molar-refractivity contribution < 1.29 is 14.3 Å². The quantitative estimate of drug-likeness (QED) is 0.544. The lowest BCUT2D eigenvalue weighted by atomic mass is 10.1. The normalized spacial score (nSPS) is 10.0. The summed E-state index contributed by atoms with van der Waals surface area (Å²) in [6.45, 7) is 3.68. The number of urea groups is 1. The zero-order valence-corrected chi connectivity index (χ0v) is 13.3. The van der Waals surface area contributed by atoms with E-state index < -0.39 is 0 Å². The highest BCUT2D eigenvalue weighted by Gasteiger charge is 2.05. The van der Waals surface area contributed by atoms with Crippen LogP contribution in [0.5, 0.6) is 11.5 Å². The molecule has 0 saturated heterocycles. The summed E-state index contributed by atoms with van der Waals surface area (Å²) in [5, 5.41) is 5.54. The van der Waals surface area contributed by atoms with Crippen LogP contribution in [0.15, 0.2) is 18.2 Å². The summed E-state index contributed by atoms with van der Waals surface area (Å²) < 4.78 is 10.8. The molecule has 1 aromatic rings. The van der Waals surface area contributed by atoms with Gasteiger partial charge >= 0.3 is 6.03 Å². The molecule has 0 aliphatic heterocycles. The first-order chi connectivity index (χ1) is 10.2. The van der Waals surface area contributed by atoms with Gasteiger partial charge in [0, 0.05) is 19.0 Å². The van der Waals surface area contributed by atoms with Crippen LogP contribution in [-0.4, -0.2) is 38.7 Å². The average Bonchev–Trinajstić information content (AvgIpc) is 2.49. The third-order valence-corrected chi connectivity index (χ3v) is 3.09. The Morgan fingerprint density at radius 1 is 1.24 bits per heavy atom. The van der Waals surface area contributed by atoms with E-state index in [0.717, 1.165) is 24.2 Å². The number of carbonyl (C=O) groups is 1. The lowest BCUT2D eigenvalue weighted by molar-refractivity contribution is 0.241. The molecule has 0 radical (unpaired) electrons. The van der Waals surface area contributed by atoms with Gasteiger partial charge in [0.2, 0.25) is 0 Å². The number of carbonyl (C=O) groups excluding carboxylic acids is 1. The minimum atomic E-state index is -0.169. The zero-order chi connectivity index (χ0) is 15.5. The van der Waals surface area contributed by atoms with Crippen molar-refractivity contribution >= 4 is 17.6 Å². The fourth-order valence-corrected chi connectivity index (χ4v) is 1.93. The fraction of sp³-hybridized carbons (Fsp3) is 0.533. The fourth-order valence-electron chi connectivity index (χ4n) is 1.79. The molecule has 0 aliphatic rings. The summed E-state index contributed by atoms with van der Waals surface area (Å²) in [6, 6.07) is 5.62. The third kappa shape index (κ3) is 6.58. The van der Waals surface area contributed by atoms with Gasteiger partial charge in [-0.25, -0.2) is 4.79 Å². The van der Waals surface area contributed by atoms with Gasteiger partial charge in [0.25, 0.3) is 0 Å². The first kappa shape index (κ1) is 17.4. The highest BCUT2D eigenvalue weighted by molar-refractivity contribution is 6.17. The van der Waals surface area contributed by atoms with E-state index in [4.69, 9.17) is 21.1 Å². The Labute approximate surface area is 131 Å². The van der Waals surface area contributed by atoms with Crippen molar-refractivity contribution in [1.82, 2.24) is 10.6 Å². The van der Waals surface area contributed by atoms with Gasteiger partial charge < -0.3 is 20.1 Å². The van der Waals surface area contributed by atoms with Gasteiger partial charge in [-0.1, -0.05) is 6.07 Å². The molecule has 0 heterocycles. The molecule has 1 rings (SSSR count). The van der Waals surface area contributed by atoms with Crippen LogP contribution >= 0.6 is 11.6 Å².